The van der Waals surface area contributed by atoms with Gasteiger partial charge in [-0.25, -0.2) is 0 Å². The van der Waals surface area contributed by atoms with Crippen LogP contribution in [0.1, 0.15) is 60.3 Å². The second-order valence-corrected chi connectivity index (χ2v) is 8.10. The molecule has 1 aliphatic rings. The second kappa shape index (κ2) is 30.9. The van der Waals surface area contributed by atoms with E-state index in [2.05, 4.69) is 46.6 Å². The topological polar surface area (TPSA) is 94.1 Å². The van der Waals surface area contributed by atoms with Gasteiger partial charge in [-0.1, -0.05) is 60.2 Å². The molecular weight excluding hydrogens is 526 g/mol. The molecule has 0 aromatic rings. The van der Waals surface area contributed by atoms with E-state index in [-0.39, 0.29) is 18.2 Å². The summed E-state index contributed by atoms with van der Waals surface area (Å²) in [7, 11) is 0. The molecule has 0 radical (unpaired) electrons. The first-order valence-electron chi connectivity index (χ1n) is 12.5. The minimum atomic E-state index is -0.802. The number of carboxylic acids is 1. The molecule has 0 aromatic carbocycles. The average Bonchev–Trinajstić information content (AvgIpc) is 2.86. The van der Waals surface area contributed by atoms with Gasteiger partial charge in [0.05, 0.1) is 37.9 Å². The Morgan fingerprint density at radius 1 is 1.17 bits per heavy atom. The summed E-state index contributed by atoms with van der Waals surface area (Å²) in [5.74, 6) is -0.0547. The third-order valence-corrected chi connectivity index (χ3v) is 4.46. The van der Waals surface area contributed by atoms with Gasteiger partial charge in [0, 0.05) is 19.6 Å². The molecule has 8 heteroatoms. The van der Waals surface area contributed by atoms with Crippen molar-refractivity contribution in [2.45, 2.75) is 60.3 Å². The van der Waals surface area contributed by atoms with E-state index in [4.69, 9.17) is 19.3 Å². The van der Waals surface area contributed by atoms with E-state index >= 15 is 0 Å². The van der Waals surface area contributed by atoms with Crippen LogP contribution in [0, 0.1) is 5.92 Å². The van der Waals surface area contributed by atoms with E-state index in [1.807, 2.05) is 45.9 Å². The predicted molar refractivity (Wildman–Crippen MR) is 153 cm³/mol. The number of aliphatic carboxylic acids is 1. The monoisotopic (exact) mass is 573 g/mol. The molecular formula is C28H48BrNO6. The molecule has 0 spiro atoms. The molecule has 0 aromatic heterocycles. The first-order chi connectivity index (χ1) is 17.4. The van der Waals surface area contributed by atoms with Crippen molar-refractivity contribution >= 4 is 27.8 Å². The Balaban J connectivity index is -0.000000762. The number of nitrogens with one attached hydrogen (secondary N) is 1. The zero-order chi connectivity index (χ0) is 28.0. The molecule has 0 bridgehead atoms. The number of carbonyl (C=O) groups excluding carboxylic acids is 1. The zero-order valence-electron chi connectivity index (χ0n) is 22.9. The molecule has 0 fully saturated rings. The van der Waals surface area contributed by atoms with Gasteiger partial charge >= 0.3 is 5.97 Å². The fourth-order valence-corrected chi connectivity index (χ4v) is 2.68. The maximum absolute atomic E-state index is 12.3. The Bertz CT molecular complexity index is 654. The summed E-state index contributed by atoms with van der Waals surface area (Å²) in [6.45, 7) is 19.2. The standard InChI is InChI=1S/C19H31NO4.C5H7BrO2.C2H6.C2H4/c1-3-5-11-20-19(21)17-9-7-6-8-10-18(16-17)24-15-14-23-13-12-22-4-2;1-4(6)2-3-5(7)8;2*1-2/h3,5-6,8,16-17H,4,7,9-15H2,1-2H3,(H,20,21);2H,3H2,1H3,(H,7,8);1-2H3;1-2H2/b5-3-,8-6-,18-16+;4-2+;;. The number of ether oxygens (including phenoxy) is 3. The molecule has 1 amide bonds. The zero-order valence-corrected chi connectivity index (χ0v) is 24.5. The molecule has 2 N–H and O–H groups in total. The lowest BCUT2D eigenvalue weighted by molar-refractivity contribution is -0.136. The largest absolute Gasteiger partial charge is 0.496 e. The third-order valence-electron chi connectivity index (χ3n) is 4.13. The van der Waals surface area contributed by atoms with Gasteiger partial charge in [0.15, 0.2) is 0 Å². The molecule has 208 valence electrons. The third kappa shape index (κ3) is 28.1. The first-order valence-corrected chi connectivity index (χ1v) is 13.3. The van der Waals surface area contributed by atoms with Crippen molar-refractivity contribution < 1.29 is 28.9 Å². The molecule has 7 nitrogen and oxygen atoms in total. The molecule has 1 unspecified atom stereocenters. The number of hydrogen-bond donors (Lipinski definition) is 2. The fraction of sp³-hybridized carbons (Fsp3) is 0.571. The van der Waals surface area contributed by atoms with Gasteiger partial charge in [-0.15, -0.1) is 13.2 Å². The summed E-state index contributed by atoms with van der Waals surface area (Å²) in [4.78, 5) is 22.1. The molecule has 0 heterocycles. The maximum atomic E-state index is 12.3. The quantitative estimate of drug-likeness (QED) is 0.191. The minimum absolute atomic E-state index is 0.0532. The van der Waals surface area contributed by atoms with E-state index in [9.17, 15) is 9.59 Å². The summed E-state index contributed by atoms with van der Waals surface area (Å²) in [5, 5.41) is 11.0. The van der Waals surface area contributed by atoms with Crippen molar-refractivity contribution in [3.8, 4) is 0 Å². The van der Waals surface area contributed by atoms with Crippen molar-refractivity contribution in [1.29, 1.82) is 0 Å². The van der Waals surface area contributed by atoms with Crippen molar-refractivity contribution in [2.24, 2.45) is 5.92 Å². The van der Waals surface area contributed by atoms with Crippen LogP contribution >= 0.6 is 15.9 Å². The molecule has 36 heavy (non-hydrogen) atoms. The Morgan fingerprint density at radius 2 is 1.81 bits per heavy atom. The predicted octanol–water partition coefficient (Wildman–Crippen LogP) is 6.58. The maximum Gasteiger partial charge on any atom is 0.307 e. The highest BCUT2D eigenvalue weighted by Crippen LogP contribution is 2.18. The van der Waals surface area contributed by atoms with Crippen LogP contribution in [-0.4, -0.2) is 56.6 Å². The highest BCUT2D eigenvalue weighted by molar-refractivity contribution is 9.11. The molecule has 1 rings (SSSR count). The lowest BCUT2D eigenvalue weighted by Crippen LogP contribution is -2.30. The first kappa shape index (κ1) is 38.4. The van der Waals surface area contributed by atoms with Crippen LogP contribution in [-0.2, 0) is 23.8 Å². The summed E-state index contributed by atoms with van der Waals surface area (Å²) < 4.78 is 17.3. The lowest BCUT2D eigenvalue weighted by atomic mass is 9.98. The van der Waals surface area contributed by atoms with Crippen LogP contribution in [0.4, 0.5) is 0 Å². The van der Waals surface area contributed by atoms with Gasteiger partial charge in [0.25, 0.3) is 0 Å². The van der Waals surface area contributed by atoms with E-state index in [0.717, 1.165) is 29.5 Å². The molecule has 0 aliphatic heterocycles. The van der Waals surface area contributed by atoms with Gasteiger partial charge in [-0.05, 0) is 44.2 Å². The van der Waals surface area contributed by atoms with Crippen LogP contribution in [0.2, 0.25) is 0 Å². The summed E-state index contributed by atoms with van der Waals surface area (Å²) in [6.07, 6.45) is 14.1. The van der Waals surface area contributed by atoms with Crippen molar-refractivity contribution in [3.05, 3.63) is 59.9 Å². The Kier molecular flexibility index (Phi) is 32.9. The minimum Gasteiger partial charge on any atom is -0.496 e. The van der Waals surface area contributed by atoms with Gasteiger partial charge in [0.1, 0.15) is 6.61 Å². The van der Waals surface area contributed by atoms with Gasteiger partial charge in [-0.2, -0.15) is 0 Å². The lowest BCUT2D eigenvalue weighted by Gasteiger charge is -2.17. The van der Waals surface area contributed by atoms with Crippen molar-refractivity contribution in [3.63, 3.8) is 0 Å². The number of allylic oxidation sites excluding steroid dienone is 4. The van der Waals surface area contributed by atoms with Crippen LogP contribution in [0.5, 0.6) is 0 Å². The Labute approximate surface area is 227 Å². The van der Waals surface area contributed by atoms with E-state index in [1.165, 1.54) is 0 Å². The van der Waals surface area contributed by atoms with Crippen LogP contribution in [0.15, 0.2) is 59.9 Å². The average molecular weight is 575 g/mol. The summed E-state index contributed by atoms with van der Waals surface area (Å²) >= 11 is 3.10. The normalized spacial score (nSPS) is 17.2. The number of carbonyl (C=O) groups is 2. The SMILES string of the molecule is C/C(Br)=C\CC(=O)O.C/C=C\CNC(=O)C1/C=C(/OCCOCCOCC)C/C=C\CC1.C=C.CC. The van der Waals surface area contributed by atoms with Crippen molar-refractivity contribution in [2.75, 3.05) is 39.6 Å². The van der Waals surface area contributed by atoms with Crippen molar-refractivity contribution in [1.82, 2.24) is 5.32 Å². The number of carboxylic acid groups (broad SMARTS) is 1. The van der Waals surface area contributed by atoms with Crippen LogP contribution in [0.25, 0.3) is 0 Å². The summed E-state index contributed by atoms with van der Waals surface area (Å²) in [6, 6.07) is 0. The number of hydrogen-bond acceptors (Lipinski definition) is 5. The Hall–Kier alpha value is -2.16. The van der Waals surface area contributed by atoms with Gasteiger partial charge < -0.3 is 24.6 Å². The molecule has 1 atom stereocenters. The number of rotatable bonds is 13. The Morgan fingerprint density at radius 3 is 2.36 bits per heavy atom. The van der Waals surface area contributed by atoms with E-state index in [1.54, 1.807) is 13.0 Å². The van der Waals surface area contributed by atoms with Crippen LogP contribution in [0.3, 0.4) is 0 Å². The van der Waals surface area contributed by atoms with Crippen LogP contribution < -0.4 is 5.32 Å². The molecule has 0 saturated heterocycles. The van der Waals surface area contributed by atoms with Gasteiger partial charge in [-0.3, -0.25) is 9.59 Å². The highest BCUT2D eigenvalue weighted by atomic mass is 79.9. The van der Waals surface area contributed by atoms with Gasteiger partial charge in [0.2, 0.25) is 5.91 Å². The highest BCUT2D eigenvalue weighted by Gasteiger charge is 2.17. The number of halogens is 1. The van der Waals surface area contributed by atoms with E-state index in [0.29, 0.717) is 39.6 Å². The number of amides is 1. The van der Waals surface area contributed by atoms with E-state index < -0.39 is 5.97 Å². The molecule has 0 saturated carbocycles. The molecule has 1 aliphatic carbocycles. The second-order valence-electron chi connectivity index (χ2n) is 6.85. The smallest absolute Gasteiger partial charge is 0.307 e. The summed E-state index contributed by atoms with van der Waals surface area (Å²) in [5.41, 5.74) is 0. The fourth-order valence-electron chi connectivity index (χ4n) is 2.52.